The number of carbonyl (C=O) groups is 3. The Kier molecular flexibility index (Phi) is 4.32. The fraction of sp³-hybridized carbons (Fsp3) is 0.211. The van der Waals surface area contributed by atoms with Gasteiger partial charge in [0.15, 0.2) is 0 Å². The maximum absolute atomic E-state index is 12.6. The number of amides is 3. The zero-order valence-electron chi connectivity index (χ0n) is 14.2. The third kappa shape index (κ3) is 2.95. The SMILES string of the molecule is CC(C(=O)Nc1ccc2c(c1)CCO2)N1C(=O)c2cc(Cl)c(Cl)cc2C1=O. The quantitative estimate of drug-likeness (QED) is 0.793. The molecular formula is C19H14Cl2N2O4. The van der Waals surface area contributed by atoms with Crippen molar-refractivity contribution in [3.63, 3.8) is 0 Å². The average Bonchev–Trinajstić information content (AvgIpc) is 3.19. The lowest BCUT2D eigenvalue weighted by atomic mass is 10.1. The van der Waals surface area contributed by atoms with E-state index in [-0.39, 0.29) is 21.2 Å². The van der Waals surface area contributed by atoms with Crippen molar-refractivity contribution < 1.29 is 19.1 Å². The number of nitrogens with one attached hydrogen (secondary N) is 1. The van der Waals surface area contributed by atoms with Crippen LogP contribution < -0.4 is 10.1 Å². The van der Waals surface area contributed by atoms with Crippen LogP contribution in [-0.4, -0.2) is 35.3 Å². The third-order valence-electron chi connectivity index (χ3n) is 4.68. The maximum atomic E-state index is 12.6. The summed E-state index contributed by atoms with van der Waals surface area (Å²) in [6.45, 7) is 2.11. The van der Waals surface area contributed by atoms with Crippen LogP contribution in [0.15, 0.2) is 30.3 Å². The van der Waals surface area contributed by atoms with Crippen LogP contribution in [-0.2, 0) is 11.2 Å². The number of fused-ring (bicyclic) bond motifs is 2. The molecule has 2 aromatic rings. The Bertz CT molecular complexity index is 964. The number of hydrogen-bond donors (Lipinski definition) is 1. The van der Waals surface area contributed by atoms with E-state index in [1.165, 1.54) is 19.1 Å². The first kappa shape index (κ1) is 17.8. The second-order valence-corrected chi connectivity index (χ2v) is 7.19. The van der Waals surface area contributed by atoms with Crippen LogP contribution in [0.4, 0.5) is 5.69 Å². The van der Waals surface area contributed by atoms with Gasteiger partial charge in [0.1, 0.15) is 11.8 Å². The molecule has 1 atom stereocenters. The molecule has 0 fully saturated rings. The molecule has 0 saturated heterocycles. The van der Waals surface area contributed by atoms with E-state index in [9.17, 15) is 14.4 Å². The predicted molar refractivity (Wildman–Crippen MR) is 101 cm³/mol. The van der Waals surface area contributed by atoms with E-state index in [1.807, 2.05) is 6.07 Å². The van der Waals surface area contributed by atoms with Crippen molar-refractivity contribution in [2.24, 2.45) is 0 Å². The molecule has 0 bridgehead atoms. The first-order chi connectivity index (χ1) is 12.9. The second-order valence-electron chi connectivity index (χ2n) is 6.38. The van der Waals surface area contributed by atoms with Gasteiger partial charge < -0.3 is 10.1 Å². The highest BCUT2D eigenvalue weighted by molar-refractivity contribution is 6.43. The van der Waals surface area contributed by atoms with Crippen LogP contribution in [0.5, 0.6) is 5.75 Å². The number of anilines is 1. The topological polar surface area (TPSA) is 75.7 Å². The number of halogens is 2. The molecule has 1 unspecified atom stereocenters. The zero-order chi connectivity index (χ0) is 19.3. The van der Waals surface area contributed by atoms with Crippen molar-refractivity contribution in [2.75, 3.05) is 11.9 Å². The molecule has 2 aliphatic rings. The number of ether oxygens (including phenoxy) is 1. The number of carbonyl (C=O) groups excluding carboxylic acids is 3. The Labute approximate surface area is 165 Å². The van der Waals surface area contributed by atoms with Gasteiger partial charge in [0, 0.05) is 12.1 Å². The number of hydrogen-bond acceptors (Lipinski definition) is 4. The molecule has 138 valence electrons. The van der Waals surface area contributed by atoms with E-state index >= 15 is 0 Å². The Morgan fingerprint density at radius 1 is 1.11 bits per heavy atom. The first-order valence-corrected chi connectivity index (χ1v) is 9.06. The number of rotatable bonds is 3. The average molecular weight is 405 g/mol. The van der Waals surface area contributed by atoms with Crippen molar-refractivity contribution in [3.05, 3.63) is 57.1 Å². The molecule has 0 spiro atoms. The molecule has 0 aromatic heterocycles. The number of nitrogens with zero attached hydrogens (tertiary/aromatic N) is 1. The molecule has 8 heteroatoms. The van der Waals surface area contributed by atoms with Crippen molar-refractivity contribution in [1.82, 2.24) is 4.90 Å². The molecule has 1 N–H and O–H groups in total. The Hall–Kier alpha value is -2.57. The van der Waals surface area contributed by atoms with Crippen molar-refractivity contribution in [2.45, 2.75) is 19.4 Å². The smallest absolute Gasteiger partial charge is 0.262 e. The molecule has 2 aromatic carbocycles. The maximum Gasteiger partial charge on any atom is 0.262 e. The fourth-order valence-corrected chi connectivity index (χ4v) is 3.56. The molecule has 0 aliphatic carbocycles. The van der Waals surface area contributed by atoms with Crippen LogP contribution in [0.2, 0.25) is 10.0 Å². The summed E-state index contributed by atoms with van der Waals surface area (Å²) in [7, 11) is 0. The summed E-state index contributed by atoms with van der Waals surface area (Å²) in [6.07, 6.45) is 0.772. The molecule has 4 rings (SSSR count). The van der Waals surface area contributed by atoms with Gasteiger partial charge in [-0.2, -0.15) is 0 Å². The molecule has 3 amide bonds. The van der Waals surface area contributed by atoms with E-state index in [0.29, 0.717) is 12.3 Å². The van der Waals surface area contributed by atoms with Crippen molar-refractivity contribution in [3.8, 4) is 5.75 Å². The molecule has 2 aliphatic heterocycles. The predicted octanol–water partition coefficient (Wildman–Crippen LogP) is 3.55. The molecule has 0 radical (unpaired) electrons. The third-order valence-corrected chi connectivity index (χ3v) is 5.40. The summed E-state index contributed by atoms with van der Waals surface area (Å²) < 4.78 is 5.44. The zero-order valence-corrected chi connectivity index (χ0v) is 15.7. The minimum absolute atomic E-state index is 0.142. The molecular weight excluding hydrogens is 391 g/mol. The van der Waals surface area contributed by atoms with Gasteiger partial charge in [0.25, 0.3) is 11.8 Å². The van der Waals surface area contributed by atoms with E-state index in [0.717, 1.165) is 22.6 Å². The number of benzene rings is 2. The van der Waals surface area contributed by atoms with E-state index in [4.69, 9.17) is 27.9 Å². The highest BCUT2D eigenvalue weighted by Gasteiger charge is 2.41. The van der Waals surface area contributed by atoms with Crippen molar-refractivity contribution >= 4 is 46.6 Å². The van der Waals surface area contributed by atoms with Gasteiger partial charge in [-0.3, -0.25) is 19.3 Å². The minimum atomic E-state index is -1.00. The normalized spacial score (nSPS) is 16.0. The lowest BCUT2D eigenvalue weighted by Crippen LogP contribution is -2.45. The number of imide groups is 1. The van der Waals surface area contributed by atoms with Crippen molar-refractivity contribution in [1.29, 1.82) is 0 Å². The largest absolute Gasteiger partial charge is 0.493 e. The van der Waals surface area contributed by atoms with Gasteiger partial charge in [0.2, 0.25) is 5.91 Å². The summed E-state index contributed by atoms with van der Waals surface area (Å²) in [5, 5.41) is 3.10. The Balaban J connectivity index is 1.56. The van der Waals surface area contributed by atoms with Crippen LogP contribution in [0.1, 0.15) is 33.2 Å². The highest BCUT2D eigenvalue weighted by Crippen LogP contribution is 2.33. The van der Waals surface area contributed by atoms with Gasteiger partial charge >= 0.3 is 0 Å². The lowest BCUT2D eigenvalue weighted by molar-refractivity contribution is -0.119. The van der Waals surface area contributed by atoms with Crippen LogP contribution in [0, 0.1) is 0 Å². The van der Waals surface area contributed by atoms with Gasteiger partial charge in [-0.25, -0.2) is 0 Å². The van der Waals surface area contributed by atoms with Crippen LogP contribution >= 0.6 is 23.2 Å². The van der Waals surface area contributed by atoms with Gasteiger partial charge in [-0.15, -0.1) is 0 Å². The summed E-state index contributed by atoms with van der Waals surface area (Å²) in [5.74, 6) is -0.812. The molecule has 27 heavy (non-hydrogen) atoms. The fourth-order valence-electron chi connectivity index (χ4n) is 3.23. The Morgan fingerprint density at radius 3 is 2.37 bits per heavy atom. The first-order valence-electron chi connectivity index (χ1n) is 8.30. The standard InChI is InChI=1S/C19H14Cl2N2O4/c1-9(17(24)22-11-2-3-16-10(6-11)4-5-27-16)23-18(25)12-7-14(20)15(21)8-13(12)19(23)26/h2-3,6-9H,4-5H2,1H3,(H,22,24). The second kappa shape index (κ2) is 6.55. The summed E-state index contributed by atoms with van der Waals surface area (Å²) in [4.78, 5) is 38.8. The molecule has 0 saturated carbocycles. The minimum Gasteiger partial charge on any atom is -0.493 e. The van der Waals surface area contributed by atoms with E-state index in [1.54, 1.807) is 12.1 Å². The lowest BCUT2D eigenvalue weighted by Gasteiger charge is -2.21. The summed E-state index contributed by atoms with van der Waals surface area (Å²) in [5.41, 5.74) is 1.87. The molecule has 2 heterocycles. The van der Waals surface area contributed by atoms with E-state index < -0.39 is 23.8 Å². The molecule has 6 nitrogen and oxygen atoms in total. The van der Waals surface area contributed by atoms with Crippen LogP contribution in [0.3, 0.4) is 0 Å². The Morgan fingerprint density at radius 2 is 1.74 bits per heavy atom. The van der Waals surface area contributed by atoms with Gasteiger partial charge in [-0.1, -0.05) is 23.2 Å². The van der Waals surface area contributed by atoms with Gasteiger partial charge in [-0.05, 0) is 42.8 Å². The summed E-state index contributed by atoms with van der Waals surface area (Å²) >= 11 is 11.9. The summed E-state index contributed by atoms with van der Waals surface area (Å²) in [6, 6.07) is 7.04. The monoisotopic (exact) mass is 404 g/mol. The van der Waals surface area contributed by atoms with E-state index in [2.05, 4.69) is 5.32 Å². The van der Waals surface area contributed by atoms with Gasteiger partial charge in [0.05, 0.1) is 27.8 Å². The highest BCUT2D eigenvalue weighted by atomic mass is 35.5. The van der Waals surface area contributed by atoms with Crippen LogP contribution in [0.25, 0.3) is 0 Å².